The van der Waals surface area contributed by atoms with Gasteiger partial charge in [0.25, 0.3) is 0 Å². The van der Waals surface area contributed by atoms with E-state index in [0.717, 1.165) is 32.4 Å². The van der Waals surface area contributed by atoms with Crippen molar-refractivity contribution in [3.05, 3.63) is 0 Å². The monoisotopic (exact) mass is 241 g/mol. The fraction of sp³-hybridized carbons (Fsp3) is 0.923. The number of rotatable bonds is 5. The summed E-state index contributed by atoms with van der Waals surface area (Å²) in [6.45, 7) is 6.00. The first-order chi connectivity index (χ1) is 7.97. The van der Waals surface area contributed by atoms with Crippen LogP contribution in [0, 0.1) is 5.92 Å². The molecule has 100 valence electrons. The molecule has 4 nitrogen and oxygen atoms in total. The average Bonchev–Trinajstić information content (AvgIpc) is 2.67. The summed E-state index contributed by atoms with van der Waals surface area (Å²) < 4.78 is 0. The van der Waals surface area contributed by atoms with Crippen molar-refractivity contribution in [2.75, 3.05) is 27.2 Å². The van der Waals surface area contributed by atoms with Crippen LogP contribution in [0.25, 0.3) is 0 Å². The second kappa shape index (κ2) is 6.36. The van der Waals surface area contributed by atoms with E-state index in [1.54, 1.807) is 0 Å². The molecule has 0 aliphatic carbocycles. The minimum Gasteiger partial charge on any atom is -0.339 e. The van der Waals surface area contributed by atoms with Crippen molar-refractivity contribution < 1.29 is 4.79 Å². The van der Waals surface area contributed by atoms with Gasteiger partial charge in [-0.2, -0.15) is 0 Å². The largest absolute Gasteiger partial charge is 0.339 e. The lowest BCUT2D eigenvalue weighted by atomic mass is 10.1. The lowest BCUT2D eigenvalue weighted by molar-refractivity contribution is -0.131. The molecule has 0 aromatic rings. The first kappa shape index (κ1) is 14.5. The Bertz CT molecular complexity index is 255. The number of nitrogens with zero attached hydrogens (tertiary/aromatic N) is 2. The predicted molar refractivity (Wildman–Crippen MR) is 70.7 cm³/mol. The number of carbonyl (C=O) groups excluding carboxylic acids is 1. The molecule has 1 aliphatic heterocycles. The minimum absolute atomic E-state index is 0.134. The Morgan fingerprint density at radius 3 is 2.59 bits per heavy atom. The van der Waals surface area contributed by atoms with Gasteiger partial charge in [-0.3, -0.25) is 4.79 Å². The quantitative estimate of drug-likeness (QED) is 0.778. The molecule has 4 heteroatoms. The van der Waals surface area contributed by atoms with E-state index < -0.39 is 0 Å². The average molecular weight is 241 g/mol. The van der Waals surface area contributed by atoms with E-state index in [1.165, 1.54) is 0 Å². The summed E-state index contributed by atoms with van der Waals surface area (Å²) in [7, 11) is 4.15. The number of likely N-dealkylation sites (tertiary alicyclic amines) is 1. The molecule has 0 spiro atoms. The Balaban J connectivity index is 2.49. The summed E-state index contributed by atoms with van der Waals surface area (Å²) in [6.07, 6.45) is 2.94. The second-order valence-corrected chi connectivity index (χ2v) is 5.50. The molecule has 1 heterocycles. The molecule has 2 unspecified atom stereocenters. The first-order valence-electron chi connectivity index (χ1n) is 6.68. The van der Waals surface area contributed by atoms with Crippen LogP contribution in [0.4, 0.5) is 0 Å². The van der Waals surface area contributed by atoms with Gasteiger partial charge in [0.05, 0.1) is 6.04 Å². The molecule has 0 saturated carbocycles. The molecule has 1 rings (SSSR count). The molecule has 1 fully saturated rings. The second-order valence-electron chi connectivity index (χ2n) is 5.50. The van der Waals surface area contributed by atoms with Crippen LogP contribution in [0.5, 0.6) is 0 Å². The van der Waals surface area contributed by atoms with Crippen LogP contribution < -0.4 is 5.73 Å². The van der Waals surface area contributed by atoms with Crippen molar-refractivity contribution in [3.63, 3.8) is 0 Å². The van der Waals surface area contributed by atoms with Crippen molar-refractivity contribution in [3.8, 4) is 0 Å². The molecule has 0 radical (unpaired) electrons. The van der Waals surface area contributed by atoms with Crippen molar-refractivity contribution >= 4 is 5.91 Å². The maximum Gasteiger partial charge on any atom is 0.239 e. The third-order valence-corrected chi connectivity index (χ3v) is 3.73. The van der Waals surface area contributed by atoms with Gasteiger partial charge in [0.15, 0.2) is 0 Å². The van der Waals surface area contributed by atoms with Gasteiger partial charge in [-0.1, -0.05) is 26.7 Å². The lowest BCUT2D eigenvalue weighted by Gasteiger charge is -2.23. The van der Waals surface area contributed by atoms with Crippen LogP contribution in [0.15, 0.2) is 0 Å². The smallest absolute Gasteiger partial charge is 0.239 e. The summed E-state index contributed by atoms with van der Waals surface area (Å²) >= 11 is 0. The Labute approximate surface area is 105 Å². The zero-order valence-electron chi connectivity index (χ0n) is 11.6. The number of hydrogen-bond donors (Lipinski definition) is 1. The fourth-order valence-corrected chi connectivity index (χ4v) is 2.58. The highest BCUT2D eigenvalue weighted by Gasteiger charge is 2.34. The molecule has 2 N–H and O–H groups in total. The first-order valence-corrected chi connectivity index (χ1v) is 6.68. The molecule has 1 aliphatic rings. The van der Waals surface area contributed by atoms with Crippen molar-refractivity contribution in [2.24, 2.45) is 11.7 Å². The van der Waals surface area contributed by atoms with Crippen LogP contribution >= 0.6 is 0 Å². The lowest BCUT2D eigenvalue weighted by Crippen LogP contribution is -2.43. The third kappa shape index (κ3) is 3.68. The summed E-state index contributed by atoms with van der Waals surface area (Å²) in [5, 5.41) is 0. The van der Waals surface area contributed by atoms with Crippen molar-refractivity contribution in [1.29, 1.82) is 0 Å². The van der Waals surface area contributed by atoms with Gasteiger partial charge in [-0.05, 0) is 26.4 Å². The van der Waals surface area contributed by atoms with Crippen LogP contribution in [0.3, 0.4) is 0 Å². The number of hydrogen-bond acceptors (Lipinski definition) is 3. The Kier molecular flexibility index (Phi) is 5.40. The Morgan fingerprint density at radius 1 is 1.47 bits per heavy atom. The molecule has 0 aromatic heterocycles. The maximum atomic E-state index is 12.1. The molecule has 17 heavy (non-hydrogen) atoms. The van der Waals surface area contributed by atoms with Crippen LogP contribution in [0.1, 0.15) is 33.1 Å². The third-order valence-electron chi connectivity index (χ3n) is 3.73. The highest BCUT2D eigenvalue weighted by atomic mass is 16.2. The summed E-state index contributed by atoms with van der Waals surface area (Å²) in [6, 6.07) is 0.167. The van der Waals surface area contributed by atoms with Crippen LogP contribution in [0.2, 0.25) is 0 Å². The number of amides is 1. The van der Waals surface area contributed by atoms with Crippen LogP contribution in [-0.2, 0) is 4.79 Å². The van der Waals surface area contributed by atoms with Crippen molar-refractivity contribution in [1.82, 2.24) is 9.80 Å². The zero-order valence-corrected chi connectivity index (χ0v) is 11.6. The highest BCUT2D eigenvalue weighted by molar-refractivity contribution is 5.82. The molecule has 0 aromatic carbocycles. The minimum atomic E-state index is -0.303. The summed E-state index contributed by atoms with van der Waals surface area (Å²) in [4.78, 5) is 16.3. The molecule has 1 amide bonds. The van der Waals surface area contributed by atoms with Crippen LogP contribution in [-0.4, -0.2) is 55.0 Å². The van der Waals surface area contributed by atoms with E-state index in [9.17, 15) is 4.79 Å². The molecular formula is C13H27N3O. The molecular weight excluding hydrogens is 214 g/mol. The van der Waals surface area contributed by atoms with Crippen molar-refractivity contribution in [2.45, 2.75) is 45.2 Å². The zero-order chi connectivity index (χ0) is 13.0. The molecule has 0 bridgehead atoms. The summed E-state index contributed by atoms with van der Waals surface area (Å²) in [5.74, 6) is 0.668. The van der Waals surface area contributed by atoms with E-state index in [4.69, 9.17) is 5.73 Å². The summed E-state index contributed by atoms with van der Waals surface area (Å²) in [5.41, 5.74) is 5.95. The van der Waals surface area contributed by atoms with E-state index in [1.807, 2.05) is 4.90 Å². The molecule has 1 saturated heterocycles. The van der Waals surface area contributed by atoms with Gasteiger partial charge in [-0.25, -0.2) is 0 Å². The SMILES string of the molecule is CCCC[C@H](N)C(=O)N1CC(C)C(N(C)C)C1. The van der Waals surface area contributed by atoms with Gasteiger partial charge >= 0.3 is 0 Å². The van der Waals surface area contributed by atoms with E-state index >= 15 is 0 Å². The number of carbonyl (C=O) groups is 1. The van der Waals surface area contributed by atoms with E-state index in [-0.39, 0.29) is 11.9 Å². The molecule has 3 atom stereocenters. The van der Waals surface area contributed by atoms with Gasteiger partial charge in [0, 0.05) is 19.1 Å². The van der Waals surface area contributed by atoms with Gasteiger partial charge in [0.2, 0.25) is 5.91 Å². The maximum absolute atomic E-state index is 12.1. The number of likely N-dealkylation sites (N-methyl/N-ethyl adjacent to an activating group) is 1. The fourth-order valence-electron chi connectivity index (χ4n) is 2.58. The van der Waals surface area contributed by atoms with E-state index in [0.29, 0.717) is 12.0 Å². The van der Waals surface area contributed by atoms with E-state index in [2.05, 4.69) is 32.8 Å². The van der Waals surface area contributed by atoms with Gasteiger partial charge in [0.1, 0.15) is 0 Å². The van der Waals surface area contributed by atoms with Gasteiger partial charge < -0.3 is 15.5 Å². The highest BCUT2D eigenvalue weighted by Crippen LogP contribution is 2.20. The number of unbranched alkanes of at least 4 members (excludes halogenated alkanes) is 1. The normalized spacial score (nSPS) is 26.6. The van der Waals surface area contributed by atoms with Gasteiger partial charge in [-0.15, -0.1) is 0 Å². The standard InChI is InChI=1S/C13H27N3O/c1-5-6-7-11(14)13(17)16-8-10(2)12(9-16)15(3)4/h10-12H,5-9,14H2,1-4H3/t10?,11-,12?/m0/s1. The number of nitrogens with two attached hydrogens (primary N) is 1. The topological polar surface area (TPSA) is 49.6 Å². The Hall–Kier alpha value is -0.610. The Morgan fingerprint density at radius 2 is 2.12 bits per heavy atom. The predicted octanol–water partition coefficient (Wildman–Crippen LogP) is 0.912.